The van der Waals surface area contributed by atoms with Gasteiger partial charge in [0.2, 0.25) is 0 Å². The molecule has 0 spiro atoms. The molecule has 0 aliphatic carbocycles. The van der Waals surface area contributed by atoms with E-state index < -0.39 is 0 Å². The van der Waals surface area contributed by atoms with Crippen LogP contribution < -0.4 is 0 Å². The molecule has 0 radical (unpaired) electrons. The van der Waals surface area contributed by atoms with E-state index in [1.807, 2.05) is 0 Å². The van der Waals surface area contributed by atoms with Crippen molar-refractivity contribution in [2.75, 3.05) is 40.3 Å². The molecule has 0 aromatic rings. The molecule has 0 aromatic carbocycles. The van der Waals surface area contributed by atoms with Gasteiger partial charge in [-0.2, -0.15) is 0 Å². The molecule has 1 aliphatic rings. The molecule has 1 aliphatic heterocycles. The molecule has 1 unspecified atom stereocenters. The summed E-state index contributed by atoms with van der Waals surface area (Å²) in [5.74, 6) is 0.507. The molecule has 3 heteroatoms. The van der Waals surface area contributed by atoms with Crippen molar-refractivity contribution < 1.29 is 5.11 Å². The summed E-state index contributed by atoms with van der Waals surface area (Å²) in [6.45, 7) is 8.17. The Hall–Kier alpha value is -0.120. The van der Waals surface area contributed by atoms with Crippen molar-refractivity contribution in [3.05, 3.63) is 0 Å². The van der Waals surface area contributed by atoms with Crippen molar-refractivity contribution in [1.29, 1.82) is 0 Å². The Morgan fingerprint density at radius 2 is 2.07 bits per heavy atom. The third kappa shape index (κ3) is 2.94. The lowest BCUT2D eigenvalue weighted by atomic mass is 10.0. The number of nitrogens with zero attached hydrogens (tertiary/aromatic N) is 2. The first kappa shape index (κ1) is 12.0. The van der Waals surface area contributed by atoms with Crippen molar-refractivity contribution in [3.63, 3.8) is 0 Å². The van der Waals surface area contributed by atoms with Crippen LogP contribution in [-0.2, 0) is 0 Å². The van der Waals surface area contributed by atoms with Crippen LogP contribution >= 0.6 is 0 Å². The number of rotatable bonds is 4. The molecule has 0 amide bonds. The molecule has 1 heterocycles. The first-order valence-electron chi connectivity index (χ1n) is 5.46. The topological polar surface area (TPSA) is 26.7 Å². The lowest BCUT2D eigenvalue weighted by Gasteiger charge is -2.36. The largest absolute Gasteiger partial charge is 0.396 e. The van der Waals surface area contributed by atoms with Gasteiger partial charge in [-0.3, -0.25) is 0 Å². The molecule has 14 heavy (non-hydrogen) atoms. The van der Waals surface area contributed by atoms with Gasteiger partial charge in [-0.1, -0.05) is 0 Å². The third-order valence-electron chi connectivity index (χ3n) is 3.45. The number of hydrogen-bond acceptors (Lipinski definition) is 3. The molecule has 1 fully saturated rings. The summed E-state index contributed by atoms with van der Waals surface area (Å²) in [4.78, 5) is 4.72. The predicted octanol–water partition coefficient (Wildman–Crippen LogP) is 0.641. The van der Waals surface area contributed by atoms with Gasteiger partial charge in [-0.15, -0.1) is 0 Å². The van der Waals surface area contributed by atoms with Crippen LogP contribution in [0, 0.1) is 5.92 Å². The maximum Gasteiger partial charge on any atom is 0.0471 e. The second-order valence-electron chi connectivity index (χ2n) is 5.28. The molecule has 1 saturated heterocycles. The molecule has 3 nitrogen and oxygen atoms in total. The van der Waals surface area contributed by atoms with Crippen LogP contribution in [0.25, 0.3) is 0 Å². The van der Waals surface area contributed by atoms with Crippen LogP contribution in [-0.4, -0.2) is 60.8 Å². The zero-order valence-corrected chi connectivity index (χ0v) is 9.95. The van der Waals surface area contributed by atoms with Crippen LogP contribution in [0.4, 0.5) is 0 Å². The summed E-state index contributed by atoms with van der Waals surface area (Å²) in [6, 6.07) is 0. The van der Waals surface area contributed by atoms with E-state index in [1.54, 1.807) is 0 Å². The van der Waals surface area contributed by atoms with E-state index in [0.717, 1.165) is 26.1 Å². The Labute approximate surface area is 87.7 Å². The zero-order chi connectivity index (χ0) is 10.8. The van der Waals surface area contributed by atoms with Gasteiger partial charge >= 0.3 is 0 Å². The molecular weight excluding hydrogens is 176 g/mol. The van der Waals surface area contributed by atoms with E-state index in [1.165, 1.54) is 0 Å². The molecule has 0 saturated carbocycles. The van der Waals surface area contributed by atoms with Crippen LogP contribution in [0.1, 0.15) is 20.3 Å². The Bertz CT molecular complexity index is 180. The van der Waals surface area contributed by atoms with Crippen LogP contribution in [0.3, 0.4) is 0 Å². The fourth-order valence-corrected chi connectivity index (χ4v) is 1.89. The SMILES string of the molecule is CN(C)C(C)(C)CN1CCC(CO)C1. The Balaban J connectivity index is 2.39. The molecule has 84 valence electrons. The Kier molecular flexibility index (Phi) is 3.93. The fourth-order valence-electron chi connectivity index (χ4n) is 1.89. The number of likely N-dealkylation sites (N-methyl/N-ethyl adjacent to an activating group) is 1. The van der Waals surface area contributed by atoms with E-state index >= 15 is 0 Å². The zero-order valence-electron chi connectivity index (χ0n) is 9.95. The highest BCUT2D eigenvalue weighted by atomic mass is 16.3. The van der Waals surface area contributed by atoms with Gasteiger partial charge in [-0.25, -0.2) is 0 Å². The maximum absolute atomic E-state index is 9.05. The molecule has 1 atom stereocenters. The Morgan fingerprint density at radius 3 is 2.50 bits per heavy atom. The number of aliphatic hydroxyl groups excluding tert-OH is 1. The smallest absolute Gasteiger partial charge is 0.0471 e. The lowest BCUT2D eigenvalue weighted by molar-refractivity contribution is 0.127. The van der Waals surface area contributed by atoms with Crippen molar-refractivity contribution in [2.45, 2.75) is 25.8 Å². The van der Waals surface area contributed by atoms with Crippen molar-refractivity contribution in [3.8, 4) is 0 Å². The van der Waals surface area contributed by atoms with Crippen LogP contribution in [0.15, 0.2) is 0 Å². The van der Waals surface area contributed by atoms with Gasteiger partial charge in [0.1, 0.15) is 0 Å². The maximum atomic E-state index is 9.05. The van der Waals surface area contributed by atoms with Gasteiger partial charge in [0, 0.05) is 25.2 Å². The van der Waals surface area contributed by atoms with Crippen LogP contribution in [0.2, 0.25) is 0 Å². The average Bonchev–Trinajstić information content (AvgIpc) is 2.51. The summed E-state index contributed by atoms with van der Waals surface area (Å²) >= 11 is 0. The number of likely N-dealkylation sites (tertiary alicyclic amines) is 1. The monoisotopic (exact) mass is 200 g/mol. The highest BCUT2D eigenvalue weighted by Crippen LogP contribution is 2.20. The molecule has 0 bridgehead atoms. The van der Waals surface area contributed by atoms with E-state index in [-0.39, 0.29) is 5.54 Å². The number of hydrogen-bond donors (Lipinski definition) is 1. The first-order valence-corrected chi connectivity index (χ1v) is 5.46. The molecular formula is C11H24N2O. The summed E-state index contributed by atoms with van der Waals surface area (Å²) in [5, 5.41) is 9.05. The minimum atomic E-state index is 0.227. The van der Waals surface area contributed by atoms with E-state index in [2.05, 4.69) is 37.7 Å². The van der Waals surface area contributed by atoms with Gasteiger partial charge in [0.05, 0.1) is 0 Å². The van der Waals surface area contributed by atoms with Gasteiger partial charge < -0.3 is 14.9 Å². The van der Waals surface area contributed by atoms with Gasteiger partial charge in [-0.05, 0) is 46.8 Å². The fraction of sp³-hybridized carbons (Fsp3) is 1.00. The van der Waals surface area contributed by atoms with E-state index in [0.29, 0.717) is 12.5 Å². The summed E-state index contributed by atoms with van der Waals surface area (Å²) in [7, 11) is 4.25. The quantitative estimate of drug-likeness (QED) is 0.721. The average molecular weight is 200 g/mol. The first-order chi connectivity index (χ1) is 6.45. The predicted molar refractivity (Wildman–Crippen MR) is 59.4 cm³/mol. The molecule has 0 aromatic heterocycles. The Morgan fingerprint density at radius 1 is 1.43 bits per heavy atom. The van der Waals surface area contributed by atoms with E-state index in [9.17, 15) is 0 Å². The molecule has 1 rings (SSSR count). The summed E-state index contributed by atoms with van der Waals surface area (Å²) < 4.78 is 0. The standard InChI is InChI=1S/C11H24N2O/c1-11(2,12(3)4)9-13-6-5-10(7-13)8-14/h10,14H,5-9H2,1-4H3. The van der Waals surface area contributed by atoms with Crippen molar-refractivity contribution >= 4 is 0 Å². The van der Waals surface area contributed by atoms with Crippen molar-refractivity contribution in [1.82, 2.24) is 9.80 Å². The highest BCUT2D eigenvalue weighted by molar-refractivity contribution is 4.85. The third-order valence-corrected chi connectivity index (χ3v) is 3.45. The molecule has 1 N–H and O–H groups in total. The van der Waals surface area contributed by atoms with Crippen molar-refractivity contribution in [2.24, 2.45) is 5.92 Å². The second-order valence-corrected chi connectivity index (χ2v) is 5.28. The van der Waals surface area contributed by atoms with Gasteiger partial charge in [0.25, 0.3) is 0 Å². The van der Waals surface area contributed by atoms with E-state index in [4.69, 9.17) is 5.11 Å². The normalized spacial score (nSPS) is 24.9. The number of aliphatic hydroxyl groups is 1. The minimum Gasteiger partial charge on any atom is -0.396 e. The summed E-state index contributed by atoms with van der Waals surface area (Å²) in [5.41, 5.74) is 0.227. The second kappa shape index (κ2) is 4.60. The van der Waals surface area contributed by atoms with Crippen LogP contribution in [0.5, 0.6) is 0 Å². The minimum absolute atomic E-state index is 0.227. The van der Waals surface area contributed by atoms with Gasteiger partial charge in [0.15, 0.2) is 0 Å². The lowest BCUT2D eigenvalue weighted by Crippen LogP contribution is -2.47. The highest BCUT2D eigenvalue weighted by Gasteiger charge is 2.28. The summed E-state index contributed by atoms with van der Waals surface area (Å²) in [6.07, 6.45) is 1.15.